The molecule has 1 atom stereocenters. The predicted octanol–water partition coefficient (Wildman–Crippen LogP) is 1.00. The van der Waals surface area contributed by atoms with Crippen LogP contribution in [0.25, 0.3) is 0 Å². The number of aliphatic hydroxyl groups excluding tert-OH is 1. The third kappa shape index (κ3) is 1.91. The number of carbonyl (C=O) groups excluding carboxylic acids is 1. The minimum absolute atomic E-state index is 0.0968. The number of benzene rings is 1. The first-order valence-electron chi connectivity index (χ1n) is 4.91. The standard InChI is InChI=1S/C11H12FNO3/c1-16-5-9(14)6-2-7-4-10(15)13-11(7)8(12)3-6/h2-3,9,14H,4-5H2,1H3,(H,13,15). The highest BCUT2D eigenvalue weighted by molar-refractivity contribution is 5.99. The van der Waals surface area contributed by atoms with Crippen molar-refractivity contribution in [3.63, 3.8) is 0 Å². The lowest BCUT2D eigenvalue weighted by Gasteiger charge is -2.11. The molecule has 1 aromatic carbocycles. The number of aliphatic hydroxyl groups is 1. The normalized spacial score (nSPS) is 15.8. The van der Waals surface area contributed by atoms with Crippen LogP contribution in [0, 0.1) is 5.82 Å². The number of halogens is 1. The first-order valence-corrected chi connectivity index (χ1v) is 4.91. The van der Waals surface area contributed by atoms with Crippen molar-refractivity contribution < 1.29 is 19.0 Å². The van der Waals surface area contributed by atoms with E-state index in [0.717, 1.165) is 0 Å². The molecule has 86 valence electrons. The molecule has 0 fully saturated rings. The van der Waals surface area contributed by atoms with Gasteiger partial charge in [-0.3, -0.25) is 4.79 Å². The molecule has 1 aromatic rings. The van der Waals surface area contributed by atoms with Gasteiger partial charge in [0.2, 0.25) is 5.91 Å². The van der Waals surface area contributed by atoms with Gasteiger partial charge in [0.15, 0.2) is 0 Å². The van der Waals surface area contributed by atoms with E-state index in [2.05, 4.69) is 5.32 Å². The minimum atomic E-state index is -0.875. The smallest absolute Gasteiger partial charge is 0.228 e. The number of rotatable bonds is 3. The molecule has 0 saturated heterocycles. The fourth-order valence-corrected chi connectivity index (χ4v) is 1.77. The van der Waals surface area contributed by atoms with E-state index < -0.39 is 11.9 Å². The molecule has 0 aliphatic carbocycles. The van der Waals surface area contributed by atoms with E-state index in [1.54, 1.807) is 6.07 Å². The van der Waals surface area contributed by atoms with Crippen molar-refractivity contribution in [1.82, 2.24) is 0 Å². The van der Waals surface area contributed by atoms with Crippen LogP contribution in [0.2, 0.25) is 0 Å². The Bertz CT molecular complexity index is 433. The van der Waals surface area contributed by atoms with Crippen molar-refractivity contribution in [3.8, 4) is 0 Å². The molecule has 16 heavy (non-hydrogen) atoms. The molecule has 0 radical (unpaired) electrons. The van der Waals surface area contributed by atoms with Crippen LogP contribution < -0.4 is 5.32 Å². The quantitative estimate of drug-likeness (QED) is 0.806. The second-order valence-electron chi connectivity index (χ2n) is 3.73. The lowest BCUT2D eigenvalue weighted by molar-refractivity contribution is -0.115. The van der Waals surface area contributed by atoms with Gasteiger partial charge < -0.3 is 15.2 Å². The van der Waals surface area contributed by atoms with Gasteiger partial charge in [0.25, 0.3) is 0 Å². The summed E-state index contributed by atoms with van der Waals surface area (Å²) in [5.74, 6) is -0.749. The van der Waals surface area contributed by atoms with Gasteiger partial charge in [-0.1, -0.05) is 6.07 Å². The van der Waals surface area contributed by atoms with E-state index in [4.69, 9.17) is 4.74 Å². The van der Waals surface area contributed by atoms with Gasteiger partial charge in [-0.15, -0.1) is 0 Å². The van der Waals surface area contributed by atoms with Gasteiger partial charge in [-0.05, 0) is 17.2 Å². The summed E-state index contributed by atoms with van der Waals surface area (Å²) in [6.45, 7) is 0.0968. The molecule has 1 aliphatic rings. The average Bonchev–Trinajstić information content (AvgIpc) is 2.59. The fraction of sp³-hybridized carbons (Fsp3) is 0.364. The van der Waals surface area contributed by atoms with Crippen molar-refractivity contribution in [2.24, 2.45) is 0 Å². The predicted molar refractivity (Wildman–Crippen MR) is 55.6 cm³/mol. The van der Waals surface area contributed by atoms with Crippen molar-refractivity contribution in [2.45, 2.75) is 12.5 Å². The molecule has 1 heterocycles. The summed E-state index contributed by atoms with van der Waals surface area (Å²) >= 11 is 0. The van der Waals surface area contributed by atoms with E-state index in [-0.39, 0.29) is 24.6 Å². The molecule has 1 amide bonds. The summed E-state index contributed by atoms with van der Waals surface area (Å²) in [5.41, 5.74) is 1.23. The van der Waals surface area contributed by atoms with Gasteiger partial charge in [0.05, 0.1) is 18.7 Å². The highest BCUT2D eigenvalue weighted by Gasteiger charge is 2.23. The maximum Gasteiger partial charge on any atom is 0.228 e. The SMILES string of the molecule is COCC(O)c1cc(F)c2c(c1)CC(=O)N2. The lowest BCUT2D eigenvalue weighted by Crippen LogP contribution is -2.06. The van der Waals surface area contributed by atoms with Crippen LogP contribution in [0.4, 0.5) is 10.1 Å². The zero-order chi connectivity index (χ0) is 11.7. The van der Waals surface area contributed by atoms with Crippen LogP contribution in [0.1, 0.15) is 17.2 Å². The molecular formula is C11H12FNO3. The van der Waals surface area contributed by atoms with E-state index in [0.29, 0.717) is 11.1 Å². The Morgan fingerprint density at radius 2 is 2.38 bits per heavy atom. The Labute approximate surface area is 92.0 Å². The molecule has 4 nitrogen and oxygen atoms in total. The summed E-state index contributed by atoms with van der Waals surface area (Å²) in [6, 6.07) is 2.84. The van der Waals surface area contributed by atoms with Gasteiger partial charge in [-0.25, -0.2) is 4.39 Å². The molecule has 2 rings (SSSR count). The topological polar surface area (TPSA) is 58.6 Å². The van der Waals surface area contributed by atoms with Crippen molar-refractivity contribution in [2.75, 3.05) is 19.0 Å². The van der Waals surface area contributed by atoms with Crippen molar-refractivity contribution in [1.29, 1.82) is 0 Å². The number of amides is 1. The minimum Gasteiger partial charge on any atom is -0.386 e. The number of carbonyl (C=O) groups is 1. The monoisotopic (exact) mass is 225 g/mol. The summed E-state index contributed by atoms with van der Waals surface area (Å²) < 4.78 is 18.3. The summed E-state index contributed by atoms with van der Waals surface area (Å²) in [7, 11) is 1.46. The van der Waals surface area contributed by atoms with Crippen molar-refractivity contribution >= 4 is 11.6 Å². The van der Waals surface area contributed by atoms with Gasteiger partial charge in [0.1, 0.15) is 11.9 Å². The molecule has 2 N–H and O–H groups in total. The Morgan fingerprint density at radius 1 is 1.62 bits per heavy atom. The largest absolute Gasteiger partial charge is 0.386 e. The highest BCUT2D eigenvalue weighted by atomic mass is 19.1. The van der Waals surface area contributed by atoms with Crippen LogP contribution in [-0.2, 0) is 16.0 Å². The molecule has 1 aliphatic heterocycles. The summed E-state index contributed by atoms with van der Waals surface area (Å²) in [4.78, 5) is 11.1. The summed E-state index contributed by atoms with van der Waals surface area (Å²) in [5, 5.41) is 12.1. The molecule has 0 aromatic heterocycles. The van der Waals surface area contributed by atoms with Crippen molar-refractivity contribution in [3.05, 3.63) is 29.1 Å². The molecule has 0 spiro atoms. The average molecular weight is 225 g/mol. The first kappa shape index (κ1) is 11.0. The Balaban J connectivity index is 2.34. The first-order chi connectivity index (χ1) is 7.61. The Hall–Kier alpha value is -1.46. The Kier molecular flexibility index (Phi) is 2.89. The maximum atomic E-state index is 13.6. The van der Waals surface area contributed by atoms with Crippen LogP contribution in [0.5, 0.6) is 0 Å². The zero-order valence-electron chi connectivity index (χ0n) is 8.79. The third-order valence-electron chi connectivity index (χ3n) is 2.52. The van der Waals surface area contributed by atoms with Crippen LogP contribution >= 0.6 is 0 Å². The number of anilines is 1. The highest BCUT2D eigenvalue weighted by Crippen LogP contribution is 2.29. The van der Waals surface area contributed by atoms with Gasteiger partial charge in [0, 0.05) is 7.11 Å². The lowest BCUT2D eigenvalue weighted by atomic mass is 10.0. The molecule has 0 bridgehead atoms. The summed E-state index contributed by atoms with van der Waals surface area (Å²) in [6.07, 6.45) is -0.722. The van der Waals surface area contributed by atoms with Crippen LogP contribution in [0.15, 0.2) is 12.1 Å². The van der Waals surface area contributed by atoms with E-state index >= 15 is 0 Å². The molecule has 5 heteroatoms. The fourth-order valence-electron chi connectivity index (χ4n) is 1.77. The number of hydrogen-bond donors (Lipinski definition) is 2. The molecule has 0 saturated carbocycles. The third-order valence-corrected chi connectivity index (χ3v) is 2.52. The van der Waals surface area contributed by atoms with Crippen LogP contribution in [-0.4, -0.2) is 24.7 Å². The molecule has 1 unspecified atom stereocenters. The number of nitrogens with one attached hydrogen (secondary N) is 1. The number of fused-ring (bicyclic) bond motifs is 1. The van der Waals surface area contributed by atoms with E-state index in [1.807, 2.05) is 0 Å². The Morgan fingerprint density at radius 3 is 3.06 bits per heavy atom. The van der Waals surface area contributed by atoms with E-state index in [9.17, 15) is 14.3 Å². The zero-order valence-corrected chi connectivity index (χ0v) is 8.79. The van der Waals surface area contributed by atoms with Gasteiger partial charge in [-0.2, -0.15) is 0 Å². The number of ether oxygens (including phenoxy) is 1. The van der Waals surface area contributed by atoms with Crippen LogP contribution in [0.3, 0.4) is 0 Å². The second kappa shape index (κ2) is 4.19. The van der Waals surface area contributed by atoms with E-state index in [1.165, 1.54) is 13.2 Å². The van der Waals surface area contributed by atoms with Gasteiger partial charge >= 0.3 is 0 Å². The number of methoxy groups -OCH3 is 1. The molecular weight excluding hydrogens is 213 g/mol. The maximum absolute atomic E-state index is 13.6. The number of hydrogen-bond acceptors (Lipinski definition) is 3. The second-order valence-corrected chi connectivity index (χ2v) is 3.73.